The lowest BCUT2D eigenvalue weighted by Crippen LogP contribution is -2.09. The molecule has 0 saturated carbocycles. The van der Waals surface area contributed by atoms with Crippen LogP contribution in [0, 0.1) is 0 Å². The summed E-state index contributed by atoms with van der Waals surface area (Å²) in [5.74, 6) is 1.20. The lowest BCUT2D eigenvalue weighted by atomic mass is 10.0. The van der Waals surface area contributed by atoms with Gasteiger partial charge in [0.1, 0.15) is 11.5 Å². The predicted molar refractivity (Wildman–Crippen MR) is 93.7 cm³/mol. The summed E-state index contributed by atoms with van der Waals surface area (Å²) in [7, 11) is 8.55. The van der Waals surface area contributed by atoms with E-state index >= 15 is 0 Å². The van der Waals surface area contributed by atoms with E-state index in [1.54, 1.807) is 26.4 Å². The van der Waals surface area contributed by atoms with Crippen molar-refractivity contribution in [1.29, 1.82) is 0 Å². The van der Waals surface area contributed by atoms with Crippen LogP contribution in [0.4, 0.5) is 0 Å². The van der Waals surface area contributed by atoms with E-state index in [2.05, 4.69) is 18.5 Å². The van der Waals surface area contributed by atoms with Gasteiger partial charge in [0.15, 0.2) is 0 Å². The fourth-order valence-corrected chi connectivity index (χ4v) is 3.27. The highest BCUT2D eigenvalue weighted by Gasteiger charge is 2.20. The number of benzene rings is 2. The number of halogens is 2. The molecule has 0 amide bonds. The topological polar surface area (TPSA) is 18.5 Å². The third kappa shape index (κ3) is 2.76. The van der Waals surface area contributed by atoms with Crippen LogP contribution in [0.15, 0.2) is 24.3 Å². The van der Waals surface area contributed by atoms with Crippen LogP contribution < -0.4 is 20.1 Å². The molecule has 0 heterocycles. The Labute approximate surface area is 133 Å². The first-order chi connectivity index (χ1) is 9.51. The van der Waals surface area contributed by atoms with Crippen LogP contribution in [0.3, 0.4) is 0 Å². The minimum absolute atomic E-state index is 0.542. The Bertz CT molecular complexity index is 603. The molecule has 2 aromatic carbocycles. The first-order valence-corrected chi connectivity index (χ1v) is 7.66. The van der Waals surface area contributed by atoms with E-state index in [4.69, 9.17) is 32.7 Å². The molecule has 0 bridgehead atoms. The zero-order valence-electron chi connectivity index (χ0n) is 11.0. The van der Waals surface area contributed by atoms with Gasteiger partial charge in [0.05, 0.1) is 24.3 Å². The molecule has 0 radical (unpaired) electrons. The van der Waals surface area contributed by atoms with Crippen LogP contribution in [-0.2, 0) is 0 Å². The summed E-state index contributed by atoms with van der Waals surface area (Å²) < 4.78 is 10.9. The van der Waals surface area contributed by atoms with E-state index in [0.29, 0.717) is 21.5 Å². The molecule has 2 atom stereocenters. The van der Waals surface area contributed by atoms with Crippen LogP contribution in [0.1, 0.15) is 0 Å². The fourth-order valence-electron chi connectivity index (χ4n) is 2.06. The summed E-state index contributed by atoms with van der Waals surface area (Å²) in [6.45, 7) is 0. The van der Waals surface area contributed by atoms with E-state index in [9.17, 15) is 0 Å². The molecule has 2 aromatic rings. The molecule has 0 aromatic heterocycles. The Hall–Kier alpha value is -0.520. The van der Waals surface area contributed by atoms with Gasteiger partial charge in [-0.15, -0.1) is 18.5 Å². The minimum atomic E-state index is 0.542. The van der Waals surface area contributed by atoms with E-state index in [1.165, 1.54) is 0 Å². The molecule has 0 saturated heterocycles. The molecule has 20 heavy (non-hydrogen) atoms. The van der Waals surface area contributed by atoms with E-state index < -0.39 is 0 Å². The summed E-state index contributed by atoms with van der Waals surface area (Å²) in [5, 5.41) is 2.99. The van der Waals surface area contributed by atoms with Crippen molar-refractivity contribution >= 4 is 52.3 Å². The second kappa shape index (κ2) is 6.50. The van der Waals surface area contributed by atoms with Crippen LogP contribution in [-0.4, -0.2) is 14.2 Å². The predicted octanol–water partition coefficient (Wildman–Crippen LogP) is 3.68. The molecule has 2 rings (SSSR count). The number of rotatable bonds is 3. The van der Waals surface area contributed by atoms with Crippen molar-refractivity contribution in [1.82, 2.24) is 0 Å². The Morgan fingerprint density at radius 3 is 1.40 bits per heavy atom. The average Bonchev–Trinajstić information content (AvgIpc) is 2.43. The quantitative estimate of drug-likeness (QED) is 0.789. The molecule has 2 unspecified atom stereocenters. The molecular formula is C14H14Cl2O2P2. The molecule has 0 aliphatic heterocycles. The first-order valence-electron chi connectivity index (χ1n) is 5.75. The fraction of sp³-hybridized carbons (Fsp3) is 0.143. The molecule has 0 spiro atoms. The highest BCUT2D eigenvalue weighted by Crippen LogP contribution is 2.42. The molecule has 0 N–H and O–H groups in total. The van der Waals surface area contributed by atoms with Gasteiger partial charge in [-0.25, -0.2) is 0 Å². The third-order valence-corrected chi connectivity index (χ3v) is 4.50. The Morgan fingerprint density at radius 2 is 1.10 bits per heavy atom. The van der Waals surface area contributed by atoms with Gasteiger partial charge in [0.2, 0.25) is 0 Å². The molecular weight excluding hydrogens is 333 g/mol. The molecule has 2 nitrogen and oxygen atoms in total. The number of hydrogen-bond donors (Lipinski definition) is 0. The van der Waals surface area contributed by atoms with Gasteiger partial charge >= 0.3 is 0 Å². The van der Waals surface area contributed by atoms with Crippen molar-refractivity contribution in [2.45, 2.75) is 0 Å². The van der Waals surface area contributed by atoms with Crippen molar-refractivity contribution in [3.8, 4) is 22.6 Å². The largest absolute Gasteiger partial charge is 0.495 e. The highest BCUT2D eigenvalue weighted by molar-refractivity contribution is 7.29. The zero-order chi connectivity index (χ0) is 14.9. The number of methoxy groups -OCH3 is 2. The minimum Gasteiger partial charge on any atom is -0.495 e. The summed E-state index contributed by atoms with van der Waals surface area (Å²) in [5.41, 5.74) is 1.71. The van der Waals surface area contributed by atoms with Crippen LogP contribution in [0.2, 0.25) is 10.0 Å². The van der Waals surface area contributed by atoms with Crippen molar-refractivity contribution in [2.24, 2.45) is 0 Å². The number of ether oxygens (including phenoxy) is 2. The van der Waals surface area contributed by atoms with Crippen molar-refractivity contribution in [3.05, 3.63) is 34.3 Å². The summed E-state index contributed by atoms with van der Waals surface area (Å²) in [6, 6.07) is 7.42. The molecule has 0 aliphatic rings. The van der Waals surface area contributed by atoms with Crippen molar-refractivity contribution in [3.63, 3.8) is 0 Å². The van der Waals surface area contributed by atoms with Crippen LogP contribution >= 0.6 is 41.7 Å². The second-order valence-corrected chi connectivity index (χ2v) is 6.15. The van der Waals surface area contributed by atoms with Gasteiger partial charge in [-0.05, 0) is 22.7 Å². The normalized spacial score (nSPS) is 10.5. The Morgan fingerprint density at radius 1 is 0.750 bits per heavy atom. The Kier molecular flexibility index (Phi) is 5.15. The number of hydrogen-bond acceptors (Lipinski definition) is 2. The summed E-state index contributed by atoms with van der Waals surface area (Å²) in [6.07, 6.45) is 0. The van der Waals surface area contributed by atoms with E-state index in [0.717, 1.165) is 21.7 Å². The standard InChI is InChI=1S/C14H14Cl2O2P2/c1-17-13-7(15)3-5-9(19)11(13)12-10(20)6-4-8(16)14(12)18-2/h3-6H,19-20H2,1-2H3. The maximum absolute atomic E-state index is 6.22. The molecule has 106 valence electrons. The molecule has 0 aliphatic carbocycles. The Balaban J connectivity index is 2.88. The third-order valence-electron chi connectivity index (χ3n) is 2.94. The first kappa shape index (κ1) is 15.9. The van der Waals surface area contributed by atoms with Gasteiger partial charge in [-0.3, -0.25) is 0 Å². The SMILES string of the molecule is COc1c(Cl)ccc(P)c1-c1c(P)ccc(Cl)c1OC. The smallest absolute Gasteiger partial charge is 0.146 e. The van der Waals surface area contributed by atoms with E-state index in [1.807, 2.05) is 12.1 Å². The summed E-state index contributed by atoms with van der Waals surface area (Å²) in [4.78, 5) is 0. The summed E-state index contributed by atoms with van der Waals surface area (Å²) >= 11 is 12.4. The molecule has 0 fully saturated rings. The zero-order valence-corrected chi connectivity index (χ0v) is 14.9. The lowest BCUT2D eigenvalue weighted by Gasteiger charge is -2.18. The van der Waals surface area contributed by atoms with Gasteiger partial charge in [0.25, 0.3) is 0 Å². The van der Waals surface area contributed by atoms with Crippen LogP contribution in [0.5, 0.6) is 11.5 Å². The van der Waals surface area contributed by atoms with Crippen LogP contribution in [0.25, 0.3) is 11.1 Å². The van der Waals surface area contributed by atoms with E-state index in [-0.39, 0.29) is 0 Å². The average molecular weight is 347 g/mol. The van der Waals surface area contributed by atoms with Gasteiger partial charge < -0.3 is 9.47 Å². The maximum Gasteiger partial charge on any atom is 0.146 e. The second-order valence-electron chi connectivity index (χ2n) is 4.09. The monoisotopic (exact) mass is 346 g/mol. The van der Waals surface area contributed by atoms with Crippen molar-refractivity contribution < 1.29 is 9.47 Å². The van der Waals surface area contributed by atoms with Gasteiger partial charge in [0, 0.05) is 11.1 Å². The maximum atomic E-state index is 6.22. The van der Waals surface area contributed by atoms with Gasteiger partial charge in [-0.1, -0.05) is 35.3 Å². The lowest BCUT2D eigenvalue weighted by molar-refractivity contribution is 0.411. The highest BCUT2D eigenvalue weighted by atomic mass is 35.5. The molecule has 6 heteroatoms. The van der Waals surface area contributed by atoms with Gasteiger partial charge in [-0.2, -0.15) is 0 Å². The van der Waals surface area contributed by atoms with Crippen molar-refractivity contribution in [2.75, 3.05) is 14.2 Å².